The van der Waals surface area contributed by atoms with Crippen LogP contribution in [-0.4, -0.2) is 23.0 Å². The summed E-state index contributed by atoms with van der Waals surface area (Å²) in [5, 5.41) is 11.4. The molecule has 0 bridgehead atoms. The smallest absolute Gasteiger partial charge is 0.371 e. The number of nitrogens with one attached hydrogen (secondary N) is 1. The highest BCUT2D eigenvalue weighted by Crippen LogP contribution is 2.08. The maximum Gasteiger partial charge on any atom is 0.371 e. The summed E-state index contributed by atoms with van der Waals surface area (Å²) >= 11 is 0. The molecule has 1 aromatic heterocycles. The normalized spacial score (nSPS) is 10.4. The van der Waals surface area contributed by atoms with E-state index >= 15 is 0 Å². The topological polar surface area (TPSA) is 79.5 Å². The lowest BCUT2D eigenvalue weighted by Gasteiger charge is -2.13. The van der Waals surface area contributed by atoms with E-state index in [0.29, 0.717) is 0 Å². The highest BCUT2D eigenvalue weighted by molar-refractivity contribution is 5.93. The van der Waals surface area contributed by atoms with Crippen LogP contribution in [0.2, 0.25) is 0 Å². The quantitative estimate of drug-likeness (QED) is 0.802. The molecule has 1 rings (SSSR count). The van der Waals surface area contributed by atoms with Gasteiger partial charge in [0.1, 0.15) is 0 Å². The molecular weight excluding hydrogens is 210 g/mol. The van der Waals surface area contributed by atoms with Crippen molar-refractivity contribution in [2.45, 2.75) is 32.7 Å². The number of rotatable bonds is 5. The van der Waals surface area contributed by atoms with Gasteiger partial charge in [0.25, 0.3) is 5.91 Å². The predicted molar refractivity (Wildman–Crippen MR) is 57.5 cm³/mol. The molecule has 0 aromatic carbocycles. The second-order valence-corrected chi connectivity index (χ2v) is 3.46. The van der Waals surface area contributed by atoms with Crippen molar-refractivity contribution in [3.63, 3.8) is 0 Å². The predicted octanol–water partition coefficient (Wildman–Crippen LogP) is 1.90. The van der Waals surface area contributed by atoms with E-state index in [1.54, 1.807) is 0 Å². The van der Waals surface area contributed by atoms with Gasteiger partial charge in [-0.25, -0.2) is 4.79 Å². The van der Waals surface area contributed by atoms with Crippen LogP contribution in [0.5, 0.6) is 0 Å². The van der Waals surface area contributed by atoms with Gasteiger partial charge in [-0.1, -0.05) is 13.8 Å². The van der Waals surface area contributed by atoms with E-state index in [2.05, 4.69) is 5.32 Å². The lowest BCUT2D eigenvalue weighted by Crippen LogP contribution is -2.33. The molecule has 0 aliphatic heterocycles. The Morgan fingerprint density at radius 3 is 2.31 bits per heavy atom. The molecule has 16 heavy (non-hydrogen) atoms. The summed E-state index contributed by atoms with van der Waals surface area (Å²) in [6.07, 6.45) is 1.66. The molecule has 5 heteroatoms. The third-order valence-corrected chi connectivity index (χ3v) is 2.36. The fourth-order valence-electron chi connectivity index (χ4n) is 1.32. The van der Waals surface area contributed by atoms with Crippen LogP contribution in [0.4, 0.5) is 0 Å². The summed E-state index contributed by atoms with van der Waals surface area (Å²) in [4.78, 5) is 22.2. The molecule has 2 N–H and O–H groups in total. The number of furan rings is 1. The number of carboxylic acid groups (broad SMARTS) is 1. The van der Waals surface area contributed by atoms with Gasteiger partial charge in [0.2, 0.25) is 5.76 Å². The van der Waals surface area contributed by atoms with Crippen molar-refractivity contribution in [2.24, 2.45) is 0 Å². The number of hydrogen-bond donors (Lipinski definition) is 2. The summed E-state index contributed by atoms with van der Waals surface area (Å²) in [5.74, 6) is -1.75. The van der Waals surface area contributed by atoms with Gasteiger partial charge in [-0.05, 0) is 25.0 Å². The van der Waals surface area contributed by atoms with Crippen molar-refractivity contribution in [1.29, 1.82) is 0 Å². The zero-order valence-corrected chi connectivity index (χ0v) is 9.32. The van der Waals surface area contributed by atoms with Gasteiger partial charge >= 0.3 is 5.97 Å². The van der Waals surface area contributed by atoms with Gasteiger partial charge in [0.05, 0.1) is 0 Å². The molecule has 0 spiro atoms. The van der Waals surface area contributed by atoms with Crippen LogP contribution in [0.3, 0.4) is 0 Å². The monoisotopic (exact) mass is 225 g/mol. The number of amides is 1. The first kappa shape index (κ1) is 12.3. The van der Waals surface area contributed by atoms with E-state index in [4.69, 9.17) is 9.52 Å². The first-order chi connectivity index (χ1) is 7.58. The summed E-state index contributed by atoms with van der Waals surface area (Å²) in [6, 6.07) is 2.72. The number of carboxylic acids is 1. The lowest BCUT2D eigenvalue weighted by molar-refractivity contribution is 0.0659. The number of hydrogen-bond acceptors (Lipinski definition) is 3. The van der Waals surface area contributed by atoms with E-state index in [-0.39, 0.29) is 23.5 Å². The van der Waals surface area contributed by atoms with Crippen molar-refractivity contribution in [1.82, 2.24) is 5.32 Å². The fourth-order valence-corrected chi connectivity index (χ4v) is 1.32. The van der Waals surface area contributed by atoms with Crippen molar-refractivity contribution in [2.75, 3.05) is 0 Å². The Balaban J connectivity index is 2.69. The highest BCUT2D eigenvalue weighted by Gasteiger charge is 2.16. The van der Waals surface area contributed by atoms with Crippen LogP contribution in [0, 0.1) is 0 Å². The molecule has 0 saturated carbocycles. The third kappa shape index (κ3) is 2.85. The molecule has 0 atom stereocenters. The zero-order chi connectivity index (χ0) is 12.1. The Kier molecular flexibility index (Phi) is 4.10. The molecule has 1 heterocycles. The van der Waals surface area contributed by atoms with Gasteiger partial charge in [-0.3, -0.25) is 4.79 Å². The Bertz CT molecular complexity index is 379. The minimum Gasteiger partial charge on any atom is -0.475 e. The first-order valence-electron chi connectivity index (χ1n) is 5.22. The Labute approximate surface area is 93.4 Å². The molecule has 5 nitrogen and oxygen atoms in total. The summed E-state index contributed by atoms with van der Waals surface area (Å²) in [7, 11) is 0. The lowest BCUT2D eigenvalue weighted by atomic mass is 10.2. The number of aromatic carboxylic acids is 1. The van der Waals surface area contributed by atoms with Crippen LogP contribution in [0.1, 0.15) is 47.8 Å². The highest BCUT2D eigenvalue weighted by atomic mass is 16.4. The molecule has 0 unspecified atom stereocenters. The minimum absolute atomic E-state index is 0.0318. The van der Waals surface area contributed by atoms with Crippen LogP contribution in [0.25, 0.3) is 0 Å². The molecule has 0 aliphatic rings. The van der Waals surface area contributed by atoms with Crippen molar-refractivity contribution in [3.8, 4) is 0 Å². The van der Waals surface area contributed by atoms with Crippen molar-refractivity contribution < 1.29 is 19.1 Å². The van der Waals surface area contributed by atoms with E-state index in [9.17, 15) is 9.59 Å². The largest absolute Gasteiger partial charge is 0.475 e. The van der Waals surface area contributed by atoms with Crippen molar-refractivity contribution in [3.05, 3.63) is 23.7 Å². The second-order valence-electron chi connectivity index (χ2n) is 3.46. The maximum atomic E-state index is 11.6. The van der Waals surface area contributed by atoms with Crippen LogP contribution >= 0.6 is 0 Å². The van der Waals surface area contributed by atoms with Gasteiger partial charge in [0.15, 0.2) is 5.76 Å². The van der Waals surface area contributed by atoms with E-state index in [0.717, 1.165) is 12.8 Å². The van der Waals surface area contributed by atoms with Crippen LogP contribution in [0.15, 0.2) is 16.5 Å². The molecule has 88 valence electrons. The zero-order valence-electron chi connectivity index (χ0n) is 9.32. The number of carbonyl (C=O) groups is 2. The fraction of sp³-hybridized carbons (Fsp3) is 0.455. The molecule has 1 aromatic rings. The third-order valence-electron chi connectivity index (χ3n) is 2.36. The molecule has 0 radical (unpaired) electrons. The number of carbonyl (C=O) groups excluding carboxylic acids is 1. The molecule has 1 amide bonds. The molecule has 0 aliphatic carbocycles. The maximum absolute atomic E-state index is 11.6. The van der Waals surface area contributed by atoms with Crippen LogP contribution < -0.4 is 5.32 Å². The minimum atomic E-state index is -1.18. The van der Waals surface area contributed by atoms with E-state index < -0.39 is 5.97 Å². The summed E-state index contributed by atoms with van der Waals surface area (Å²) in [5.41, 5.74) is 0. The molecule has 0 saturated heterocycles. The average molecular weight is 225 g/mol. The Morgan fingerprint density at radius 1 is 1.31 bits per heavy atom. The summed E-state index contributed by atoms with van der Waals surface area (Å²) < 4.78 is 4.89. The van der Waals surface area contributed by atoms with Gasteiger partial charge < -0.3 is 14.8 Å². The standard InChI is InChI=1S/C11H15NO4/c1-3-7(4-2)12-10(13)8-5-6-9(16-8)11(14)15/h5-7H,3-4H2,1-2H3,(H,12,13)(H,14,15). The SMILES string of the molecule is CCC(CC)NC(=O)c1ccc(C(=O)O)o1. The van der Waals surface area contributed by atoms with Gasteiger partial charge in [-0.15, -0.1) is 0 Å². The molecule has 0 fully saturated rings. The van der Waals surface area contributed by atoms with E-state index in [1.807, 2.05) is 13.8 Å². The second kappa shape index (κ2) is 5.34. The van der Waals surface area contributed by atoms with E-state index in [1.165, 1.54) is 12.1 Å². The average Bonchev–Trinajstić information content (AvgIpc) is 2.74. The van der Waals surface area contributed by atoms with Gasteiger partial charge in [0, 0.05) is 6.04 Å². The van der Waals surface area contributed by atoms with Crippen molar-refractivity contribution >= 4 is 11.9 Å². The van der Waals surface area contributed by atoms with Crippen LogP contribution in [-0.2, 0) is 0 Å². The first-order valence-corrected chi connectivity index (χ1v) is 5.22. The Morgan fingerprint density at radius 2 is 1.88 bits per heavy atom. The summed E-state index contributed by atoms with van der Waals surface area (Å²) in [6.45, 7) is 3.94. The molecular formula is C11H15NO4. The Hall–Kier alpha value is -1.78. The van der Waals surface area contributed by atoms with Gasteiger partial charge in [-0.2, -0.15) is 0 Å².